The molecule has 2 aromatic rings. The third-order valence-corrected chi connectivity index (χ3v) is 3.33. The van der Waals surface area contributed by atoms with Crippen molar-refractivity contribution in [3.63, 3.8) is 0 Å². The molecule has 0 aliphatic heterocycles. The van der Waals surface area contributed by atoms with Gasteiger partial charge in [0, 0.05) is 12.7 Å². The largest absolute Gasteiger partial charge is 0.497 e. The van der Waals surface area contributed by atoms with Gasteiger partial charge in [0.05, 0.1) is 19.9 Å². The van der Waals surface area contributed by atoms with Gasteiger partial charge in [-0.05, 0) is 18.2 Å². The Hall–Kier alpha value is -2.65. The van der Waals surface area contributed by atoms with E-state index in [1.165, 1.54) is 14.2 Å². The molecular formula is C15H17FN2O6. The van der Waals surface area contributed by atoms with Crippen LogP contribution in [-0.2, 0) is 11.3 Å². The molecule has 0 saturated heterocycles. The van der Waals surface area contributed by atoms with Crippen LogP contribution < -0.4 is 20.7 Å². The van der Waals surface area contributed by atoms with E-state index >= 15 is 0 Å². The Balaban J connectivity index is 2.22. The minimum absolute atomic E-state index is 0.152. The molecule has 1 atom stereocenters. The van der Waals surface area contributed by atoms with E-state index in [1.54, 1.807) is 18.2 Å². The van der Waals surface area contributed by atoms with Gasteiger partial charge in [-0.2, -0.15) is 4.39 Å². The zero-order chi connectivity index (χ0) is 17.7. The van der Waals surface area contributed by atoms with Gasteiger partial charge in [-0.25, -0.2) is 4.79 Å². The maximum atomic E-state index is 13.4. The second kappa shape index (κ2) is 7.75. The second-order valence-electron chi connectivity index (χ2n) is 4.78. The summed E-state index contributed by atoms with van der Waals surface area (Å²) in [5, 5.41) is 9.38. The van der Waals surface area contributed by atoms with Crippen LogP contribution in [0.25, 0.3) is 0 Å². The summed E-state index contributed by atoms with van der Waals surface area (Å²) in [6.07, 6.45) is -0.225. The summed E-state index contributed by atoms with van der Waals surface area (Å²) in [6, 6.07) is 4.83. The summed E-state index contributed by atoms with van der Waals surface area (Å²) in [6.45, 7) is -0.432. The number of aromatic amines is 1. The van der Waals surface area contributed by atoms with Gasteiger partial charge < -0.3 is 19.3 Å². The van der Waals surface area contributed by atoms with Crippen molar-refractivity contribution in [2.24, 2.45) is 0 Å². The summed E-state index contributed by atoms with van der Waals surface area (Å²) in [4.78, 5) is 24.7. The lowest BCUT2D eigenvalue weighted by Crippen LogP contribution is -2.36. The SMILES string of the molecule is COc1ccc(OCC(OC)n2cc(F)c(=O)[nH]c2=O)c(CO)c1. The van der Waals surface area contributed by atoms with Crippen LogP contribution in [-0.4, -0.2) is 35.5 Å². The van der Waals surface area contributed by atoms with Gasteiger partial charge in [-0.1, -0.05) is 0 Å². The molecular weight excluding hydrogens is 323 g/mol. The fourth-order valence-corrected chi connectivity index (χ4v) is 2.04. The number of nitrogens with zero attached hydrogens (tertiary/aromatic N) is 1. The number of nitrogens with one attached hydrogen (secondary N) is 1. The Morgan fingerprint density at radius 1 is 1.33 bits per heavy atom. The Bertz CT molecular complexity index is 816. The van der Waals surface area contributed by atoms with E-state index in [9.17, 15) is 19.1 Å². The van der Waals surface area contributed by atoms with Gasteiger partial charge >= 0.3 is 5.69 Å². The van der Waals surface area contributed by atoms with Crippen LogP contribution >= 0.6 is 0 Å². The molecule has 9 heteroatoms. The average Bonchev–Trinajstić information content (AvgIpc) is 2.59. The topological polar surface area (TPSA) is 103 Å². The van der Waals surface area contributed by atoms with Gasteiger partial charge in [0.2, 0.25) is 5.82 Å². The highest BCUT2D eigenvalue weighted by Gasteiger charge is 2.16. The van der Waals surface area contributed by atoms with Crippen molar-refractivity contribution in [2.75, 3.05) is 20.8 Å². The van der Waals surface area contributed by atoms with Crippen molar-refractivity contribution < 1.29 is 23.7 Å². The van der Waals surface area contributed by atoms with Gasteiger partial charge in [0.25, 0.3) is 5.56 Å². The summed E-state index contributed by atoms with van der Waals surface area (Å²) in [7, 11) is 2.81. The van der Waals surface area contributed by atoms with Crippen LogP contribution in [0.2, 0.25) is 0 Å². The third-order valence-electron chi connectivity index (χ3n) is 3.33. The molecule has 1 unspecified atom stereocenters. The van der Waals surface area contributed by atoms with E-state index in [2.05, 4.69) is 0 Å². The van der Waals surface area contributed by atoms with Gasteiger partial charge in [-0.3, -0.25) is 14.3 Å². The highest BCUT2D eigenvalue weighted by Crippen LogP contribution is 2.25. The molecule has 0 aliphatic carbocycles. The summed E-state index contributed by atoms with van der Waals surface area (Å²) < 4.78 is 30.0. The highest BCUT2D eigenvalue weighted by atomic mass is 19.1. The van der Waals surface area contributed by atoms with Crippen molar-refractivity contribution in [3.05, 3.63) is 56.6 Å². The van der Waals surface area contributed by atoms with Crippen LogP contribution in [0.3, 0.4) is 0 Å². The molecule has 8 nitrogen and oxygen atoms in total. The van der Waals surface area contributed by atoms with Crippen LogP contribution in [0.4, 0.5) is 4.39 Å². The lowest BCUT2D eigenvalue weighted by atomic mass is 10.2. The first kappa shape index (κ1) is 17.7. The number of hydrogen-bond acceptors (Lipinski definition) is 6. The predicted molar refractivity (Wildman–Crippen MR) is 81.7 cm³/mol. The van der Waals surface area contributed by atoms with Gasteiger partial charge in [0.1, 0.15) is 18.1 Å². The van der Waals surface area contributed by atoms with E-state index in [-0.39, 0.29) is 13.2 Å². The number of ether oxygens (including phenoxy) is 3. The summed E-state index contributed by atoms with van der Waals surface area (Å²) >= 11 is 0. The van der Waals surface area contributed by atoms with Crippen LogP contribution in [0.15, 0.2) is 34.0 Å². The van der Waals surface area contributed by atoms with Crippen LogP contribution in [0, 0.1) is 5.82 Å². The van der Waals surface area contributed by atoms with Crippen molar-refractivity contribution in [2.45, 2.75) is 12.8 Å². The lowest BCUT2D eigenvalue weighted by Gasteiger charge is -2.19. The fraction of sp³-hybridized carbons (Fsp3) is 0.333. The first-order valence-corrected chi connectivity index (χ1v) is 6.94. The zero-order valence-electron chi connectivity index (χ0n) is 13.1. The molecule has 0 saturated carbocycles. The molecule has 0 aliphatic rings. The van der Waals surface area contributed by atoms with Crippen LogP contribution in [0.5, 0.6) is 11.5 Å². The Morgan fingerprint density at radius 2 is 2.08 bits per heavy atom. The van der Waals surface area contributed by atoms with Gasteiger partial charge in [-0.15, -0.1) is 0 Å². The quantitative estimate of drug-likeness (QED) is 0.756. The molecule has 130 valence electrons. The molecule has 0 radical (unpaired) electrons. The molecule has 0 fully saturated rings. The smallest absolute Gasteiger partial charge is 0.330 e. The monoisotopic (exact) mass is 340 g/mol. The molecule has 0 bridgehead atoms. The maximum Gasteiger partial charge on any atom is 0.330 e. The van der Waals surface area contributed by atoms with Crippen molar-refractivity contribution >= 4 is 0 Å². The second-order valence-corrected chi connectivity index (χ2v) is 4.78. The molecule has 2 rings (SSSR count). The Kier molecular flexibility index (Phi) is 5.72. The molecule has 0 spiro atoms. The summed E-state index contributed by atoms with van der Waals surface area (Å²) in [5.74, 6) is -0.205. The maximum absolute atomic E-state index is 13.4. The van der Waals surface area contributed by atoms with Crippen LogP contribution in [0.1, 0.15) is 11.8 Å². The third kappa shape index (κ3) is 3.81. The lowest BCUT2D eigenvalue weighted by molar-refractivity contribution is 0.000891. The molecule has 0 amide bonds. The number of methoxy groups -OCH3 is 2. The number of H-pyrrole nitrogens is 1. The zero-order valence-corrected chi connectivity index (χ0v) is 13.1. The highest BCUT2D eigenvalue weighted by molar-refractivity contribution is 5.39. The van der Waals surface area contributed by atoms with E-state index in [0.717, 1.165) is 10.8 Å². The Morgan fingerprint density at radius 3 is 2.71 bits per heavy atom. The molecule has 1 heterocycles. The molecule has 2 N–H and O–H groups in total. The fourth-order valence-electron chi connectivity index (χ4n) is 2.04. The number of aliphatic hydroxyl groups is 1. The molecule has 1 aromatic carbocycles. The van der Waals surface area contributed by atoms with Crippen molar-refractivity contribution in [1.82, 2.24) is 9.55 Å². The molecule has 24 heavy (non-hydrogen) atoms. The minimum Gasteiger partial charge on any atom is -0.497 e. The van der Waals surface area contributed by atoms with E-state index in [4.69, 9.17) is 14.2 Å². The normalized spacial score (nSPS) is 12.0. The number of aliphatic hydroxyl groups excluding tert-OH is 1. The number of benzene rings is 1. The first-order chi connectivity index (χ1) is 11.5. The predicted octanol–water partition coefficient (Wildman–Crippen LogP) is 0.401. The Labute approximate surface area is 136 Å². The average molecular weight is 340 g/mol. The number of aromatic nitrogens is 2. The van der Waals surface area contributed by atoms with E-state index in [1.807, 2.05) is 4.98 Å². The van der Waals surface area contributed by atoms with Crippen molar-refractivity contribution in [3.8, 4) is 11.5 Å². The summed E-state index contributed by atoms with van der Waals surface area (Å²) in [5.41, 5.74) is -1.46. The van der Waals surface area contributed by atoms with E-state index in [0.29, 0.717) is 17.1 Å². The standard InChI is InChI=1S/C15H17FN2O6/c1-22-10-3-4-12(9(5-10)7-19)24-8-13(23-2)18-6-11(16)14(20)17-15(18)21/h3-6,13,19H,7-8H2,1-2H3,(H,17,20,21). The number of hydrogen-bond donors (Lipinski definition) is 2. The minimum atomic E-state index is -1.11. The number of rotatable bonds is 7. The van der Waals surface area contributed by atoms with E-state index < -0.39 is 23.3 Å². The number of halogens is 1. The molecule has 1 aromatic heterocycles. The first-order valence-electron chi connectivity index (χ1n) is 6.94. The van der Waals surface area contributed by atoms with Crippen molar-refractivity contribution in [1.29, 1.82) is 0 Å². The van der Waals surface area contributed by atoms with Gasteiger partial charge in [0.15, 0.2) is 6.23 Å².